The number of hydrogen-bond acceptors (Lipinski definition) is 4. The standard InChI is InChI=1S/C14H18N4/c1-4-5-16-14-17-11(3)7-13(18-14)12-6-10(2)8-15-9-12/h6-9H,4-5H2,1-3H3,(H,16,17,18). The molecule has 2 heterocycles. The number of nitrogens with one attached hydrogen (secondary N) is 1. The van der Waals surface area contributed by atoms with Crippen molar-refractivity contribution in [3.8, 4) is 11.3 Å². The second kappa shape index (κ2) is 5.58. The maximum atomic E-state index is 4.52. The highest BCUT2D eigenvalue weighted by Gasteiger charge is 2.04. The Morgan fingerprint density at radius 2 is 1.94 bits per heavy atom. The molecule has 0 aliphatic heterocycles. The summed E-state index contributed by atoms with van der Waals surface area (Å²) in [7, 11) is 0. The van der Waals surface area contributed by atoms with E-state index in [4.69, 9.17) is 0 Å². The predicted molar refractivity (Wildman–Crippen MR) is 73.5 cm³/mol. The Kier molecular flexibility index (Phi) is 3.87. The maximum Gasteiger partial charge on any atom is 0.223 e. The molecule has 2 aromatic rings. The zero-order chi connectivity index (χ0) is 13.0. The molecule has 0 aromatic carbocycles. The van der Waals surface area contributed by atoms with Gasteiger partial charge in [-0.15, -0.1) is 0 Å². The van der Waals surface area contributed by atoms with Crippen molar-refractivity contribution < 1.29 is 0 Å². The molecule has 1 N–H and O–H groups in total. The van der Waals surface area contributed by atoms with Crippen molar-refractivity contribution in [2.75, 3.05) is 11.9 Å². The highest BCUT2D eigenvalue weighted by atomic mass is 15.1. The van der Waals surface area contributed by atoms with Gasteiger partial charge in [-0.1, -0.05) is 6.92 Å². The molecule has 0 radical (unpaired) electrons. The number of rotatable bonds is 4. The molecule has 18 heavy (non-hydrogen) atoms. The highest BCUT2D eigenvalue weighted by molar-refractivity contribution is 5.60. The van der Waals surface area contributed by atoms with E-state index in [2.05, 4.69) is 33.3 Å². The molecule has 0 bridgehead atoms. The van der Waals surface area contributed by atoms with Gasteiger partial charge in [0.2, 0.25) is 5.95 Å². The molecule has 0 saturated carbocycles. The molecule has 0 atom stereocenters. The van der Waals surface area contributed by atoms with E-state index in [-0.39, 0.29) is 0 Å². The van der Waals surface area contributed by atoms with Crippen molar-refractivity contribution in [3.05, 3.63) is 35.8 Å². The second-order valence-corrected chi connectivity index (χ2v) is 4.40. The van der Waals surface area contributed by atoms with Crippen molar-refractivity contribution >= 4 is 5.95 Å². The van der Waals surface area contributed by atoms with Gasteiger partial charge in [0.25, 0.3) is 0 Å². The largest absolute Gasteiger partial charge is 0.354 e. The lowest BCUT2D eigenvalue weighted by atomic mass is 10.1. The highest BCUT2D eigenvalue weighted by Crippen LogP contribution is 2.19. The summed E-state index contributed by atoms with van der Waals surface area (Å²) >= 11 is 0. The molecule has 4 nitrogen and oxygen atoms in total. The quantitative estimate of drug-likeness (QED) is 0.895. The van der Waals surface area contributed by atoms with Crippen LogP contribution in [0.3, 0.4) is 0 Å². The Balaban J connectivity index is 2.35. The predicted octanol–water partition coefficient (Wildman–Crippen LogP) is 2.98. The van der Waals surface area contributed by atoms with Gasteiger partial charge in [0.05, 0.1) is 5.69 Å². The molecule has 4 heteroatoms. The van der Waals surface area contributed by atoms with Crippen molar-refractivity contribution in [2.45, 2.75) is 27.2 Å². The summed E-state index contributed by atoms with van der Waals surface area (Å²) in [6.07, 6.45) is 4.73. The van der Waals surface area contributed by atoms with Gasteiger partial charge >= 0.3 is 0 Å². The third-order valence-electron chi connectivity index (χ3n) is 2.56. The van der Waals surface area contributed by atoms with Gasteiger partial charge in [-0.2, -0.15) is 0 Å². The molecular formula is C14H18N4. The minimum Gasteiger partial charge on any atom is -0.354 e. The van der Waals surface area contributed by atoms with Crippen LogP contribution >= 0.6 is 0 Å². The van der Waals surface area contributed by atoms with Crippen LogP contribution in [0.2, 0.25) is 0 Å². The lowest BCUT2D eigenvalue weighted by molar-refractivity contribution is 0.947. The van der Waals surface area contributed by atoms with Crippen LogP contribution in [0.4, 0.5) is 5.95 Å². The van der Waals surface area contributed by atoms with Crippen LogP contribution in [0.1, 0.15) is 24.6 Å². The van der Waals surface area contributed by atoms with Gasteiger partial charge in [-0.25, -0.2) is 9.97 Å². The van der Waals surface area contributed by atoms with E-state index in [1.54, 1.807) is 0 Å². The third-order valence-corrected chi connectivity index (χ3v) is 2.56. The van der Waals surface area contributed by atoms with Gasteiger partial charge in [-0.05, 0) is 38.0 Å². The minimum atomic E-state index is 0.688. The number of nitrogens with zero attached hydrogens (tertiary/aromatic N) is 3. The maximum absolute atomic E-state index is 4.52. The van der Waals surface area contributed by atoms with E-state index in [0.29, 0.717) is 5.95 Å². The van der Waals surface area contributed by atoms with Crippen LogP contribution in [-0.4, -0.2) is 21.5 Å². The first-order valence-corrected chi connectivity index (χ1v) is 6.20. The van der Waals surface area contributed by atoms with Gasteiger partial charge < -0.3 is 5.32 Å². The lowest BCUT2D eigenvalue weighted by Gasteiger charge is -2.07. The van der Waals surface area contributed by atoms with E-state index in [9.17, 15) is 0 Å². The minimum absolute atomic E-state index is 0.688. The Morgan fingerprint density at radius 3 is 2.67 bits per heavy atom. The average molecular weight is 242 g/mol. The molecular weight excluding hydrogens is 224 g/mol. The Morgan fingerprint density at radius 1 is 1.11 bits per heavy atom. The zero-order valence-corrected chi connectivity index (χ0v) is 11.1. The first kappa shape index (κ1) is 12.5. The van der Waals surface area contributed by atoms with Crippen molar-refractivity contribution in [3.63, 3.8) is 0 Å². The third kappa shape index (κ3) is 3.03. The average Bonchev–Trinajstić information content (AvgIpc) is 2.36. The summed E-state index contributed by atoms with van der Waals surface area (Å²) < 4.78 is 0. The fourth-order valence-corrected chi connectivity index (χ4v) is 1.73. The molecule has 0 fully saturated rings. The number of aromatic nitrogens is 3. The Bertz CT molecular complexity index is 537. The van der Waals surface area contributed by atoms with Gasteiger partial charge in [0.1, 0.15) is 0 Å². The van der Waals surface area contributed by atoms with Crippen molar-refractivity contribution in [1.29, 1.82) is 0 Å². The summed E-state index contributed by atoms with van der Waals surface area (Å²) in [6.45, 7) is 7.01. The fourth-order valence-electron chi connectivity index (χ4n) is 1.73. The van der Waals surface area contributed by atoms with Gasteiger partial charge in [0, 0.05) is 30.2 Å². The number of anilines is 1. The van der Waals surface area contributed by atoms with Crippen LogP contribution in [0.5, 0.6) is 0 Å². The van der Waals surface area contributed by atoms with Gasteiger partial charge in [-0.3, -0.25) is 4.98 Å². The van der Waals surface area contributed by atoms with Crippen LogP contribution in [0.15, 0.2) is 24.5 Å². The Hall–Kier alpha value is -1.97. The monoisotopic (exact) mass is 242 g/mol. The van der Waals surface area contributed by atoms with Crippen LogP contribution in [0.25, 0.3) is 11.3 Å². The molecule has 0 aliphatic rings. The van der Waals surface area contributed by atoms with Crippen LogP contribution < -0.4 is 5.32 Å². The number of aryl methyl sites for hydroxylation is 2. The number of hydrogen-bond donors (Lipinski definition) is 1. The molecule has 94 valence electrons. The van der Waals surface area contributed by atoms with E-state index in [1.165, 1.54) is 0 Å². The molecule has 0 unspecified atom stereocenters. The molecule has 2 rings (SSSR count). The van der Waals surface area contributed by atoms with Crippen molar-refractivity contribution in [1.82, 2.24) is 15.0 Å². The van der Waals surface area contributed by atoms with E-state index in [1.807, 2.05) is 32.3 Å². The van der Waals surface area contributed by atoms with Crippen LogP contribution in [-0.2, 0) is 0 Å². The lowest BCUT2D eigenvalue weighted by Crippen LogP contribution is -2.05. The van der Waals surface area contributed by atoms with E-state index < -0.39 is 0 Å². The normalized spacial score (nSPS) is 10.4. The molecule has 0 aliphatic carbocycles. The van der Waals surface area contributed by atoms with Crippen molar-refractivity contribution in [2.24, 2.45) is 0 Å². The second-order valence-electron chi connectivity index (χ2n) is 4.40. The molecule has 0 saturated heterocycles. The molecule has 2 aromatic heterocycles. The zero-order valence-electron chi connectivity index (χ0n) is 11.1. The Labute approximate surface area is 108 Å². The van der Waals surface area contributed by atoms with E-state index >= 15 is 0 Å². The number of pyridine rings is 1. The molecule has 0 spiro atoms. The molecule has 0 amide bonds. The smallest absolute Gasteiger partial charge is 0.223 e. The summed E-state index contributed by atoms with van der Waals surface area (Å²) in [5.41, 5.74) is 4.03. The van der Waals surface area contributed by atoms with Gasteiger partial charge in [0.15, 0.2) is 0 Å². The summed E-state index contributed by atoms with van der Waals surface area (Å²) in [4.78, 5) is 13.1. The summed E-state index contributed by atoms with van der Waals surface area (Å²) in [5.74, 6) is 0.688. The SMILES string of the molecule is CCCNc1nc(C)cc(-c2cncc(C)c2)n1. The summed E-state index contributed by atoms with van der Waals surface area (Å²) in [6, 6.07) is 4.06. The van der Waals surface area contributed by atoms with Crippen LogP contribution in [0, 0.1) is 13.8 Å². The first-order valence-electron chi connectivity index (χ1n) is 6.20. The summed E-state index contributed by atoms with van der Waals surface area (Å²) in [5, 5.41) is 3.22. The first-order chi connectivity index (χ1) is 8.69. The topological polar surface area (TPSA) is 50.7 Å². The fraction of sp³-hybridized carbons (Fsp3) is 0.357. The van der Waals surface area contributed by atoms with E-state index in [0.717, 1.165) is 35.5 Å².